The van der Waals surface area contributed by atoms with E-state index in [-0.39, 0.29) is 0 Å². The summed E-state index contributed by atoms with van der Waals surface area (Å²) >= 11 is 0. The summed E-state index contributed by atoms with van der Waals surface area (Å²) in [4.78, 5) is 23.2. The molecule has 2 aromatic rings. The lowest BCUT2D eigenvalue weighted by atomic mass is 10.0. The fourth-order valence-electron chi connectivity index (χ4n) is 1.96. The number of carbonyl (C=O) groups is 2. The number of aliphatic carboxylic acids is 1. The molecule has 0 bridgehead atoms. The maximum atomic E-state index is 12.1. The number of hydrogen-bond acceptors (Lipinski definition) is 3. The zero-order chi connectivity index (χ0) is 15.2. The maximum Gasteiger partial charge on any atom is 0.335 e. The van der Waals surface area contributed by atoms with Crippen LogP contribution in [0.25, 0.3) is 0 Å². The van der Waals surface area contributed by atoms with E-state index < -0.39 is 24.0 Å². The van der Waals surface area contributed by atoms with Crippen LogP contribution in [0.2, 0.25) is 0 Å². The Balaban J connectivity index is 2.25. The van der Waals surface area contributed by atoms with Crippen molar-refractivity contribution in [3.63, 3.8) is 0 Å². The molecule has 2 aromatic carbocycles. The van der Waals surface area contributed by atoms with Gasteiger partial charge in [0.05, 0.1) is 6.04 Å². The smallest absolute Gasteiger partial charge is 0.335 e. The van der Waals surface area contributed by atoms with E-state index >= 15 is 0 Å². The van der Waals surface area contributed by atoms with Gasteiger partial charge in [-0.2, -0.15) is 0 Å². The lowest BCUT2D eigenvalue weighted by molar-refractivity contribution is -0.148. The minimum absolute atomic E-state index is 0.399. The summed E-state index contributed by atoms with van der Waals surface area (Å²) in [6.07, 6.45) is -1.72. The van der Waals surface area contributed by atoms with E-state index in [0.717, 1.165) is 0 Å². The van der Waals surface area contributed by atoms with Gasteiger partial charge in [0.2, 0.25) is 0 Å². The summed E-state index contributed by atoms with van der Waals surface area (Å²) in [5.41, 5.74) is 0.924. The van der Waals surface area contributed by atoms with Crippen molar-refractivity contribution in [1.29, 1.82) is 0 Å². The van der Waals surface area contributed by atoms with Gasteiger partial charge in [0.1, 0.15) is 0 Å². The van der Waals surface area contributed by atoms with Crippen LogP contribution in [0.3, 0.4) is 0 Å². The molecule has 0 heterocycles. The number of carbonyl (C=O) groups excluding carboxylic acids is 1. The van der Waals surface area contributed by atoms with Crippen LogP contribution in [0.4, 0.5) is 0 Å². The molecule has 0 aromatic heterocycles. The summed E-state index contributed by atoms with van der Waals surface area (Å²) in [7, 11) is 0. The molecule has 0 aliphatic rings. The first-order valence-corrected chi connectivity index (χ1v) is 6.41. The second-order valence-corrected chi connectivity index (χ2v) is 4.51. The molecule has 2 atom stereocenters. The van der Waals surface area contributed by atoms with Crippen LogP contribution in [0.5, 0.6) is 0 Å². The Morgan fingerprint density at radius 2 is 1.43 bits per heavy atom. The molecule has 5 heteroatoms. The van der Waals surface area contributed by atoms with E-state index in [1.54, 1.807) is 60.7 Å². The predicted octanol–water partition coefficient (Wildman–Crippen LogP) is 1.60. The van der Waals surface area contributed by atoms with Gasteiger partial charge in [-0.05, 0) is 17.7 Å². The van der Waals surface area contributed by atoms with Gasteiger partial charge < -0.3 is 15.5 Å². The van der Waals surface area contributed by atoms with Crippen LogP contribution in [0.15, 0.2) is 60.7 Å². The minimum Gasteiger partial charge on any atom is -0.479 e. The van der Waals surface area contributed by atoms with E-state index in [4.69, 9.17) is 5.11 Å². The summed E-state index contributed by atoms with van der Waals surface area (Å²) < 4.78 is 0. The van der Waals surface area contributed by atoms with Gasteiger partial charge in [0.25, 0.3) is 5.91 Å². The highest BCUT2D eigenvalue weighted by Gasteiger charge is 2.28. The van der Waals surface area contributed by atoms with Crippen molar-refractivity contribution >= 4 is 11.9 Å². The molecule has 5 nitrogen and oxygen atoms in total. The lowest BCUT2D eigenvalue weighted by Gasteiger charge is -2.22. The maximum absolute atomic E-state index is 12.1. The fraction of sp³-hybridized carbons (Fsp3) is 0.125. The zero-order valence-corrected chi connectivity index (χ0v) is 11.1. The van der Waals surface area contributed by atoms with Gasteiger partial charge in [0, 0.05) is 5.56 Å². The lowest BCUT2D eigenvalue weighted by Crippen LogP contribution is -2.40. The number of nitrogens with one attached hydrogen (secondary N) is 1. The number of aliphatic hydroxyl groups is 1. The molecule has 1 unspecified atom stereocenters. The van der Waals surface area contributed by atoms with Crippen molar-refractivity contribution in [1.82, 2.24) is 5.32 Å². The Hall–Kier alpha value is -2.66. The molecule has 0 saturated heterocycles. The molecular weight excluding hydrogens is 270 g/mol. The molecule has 0 aliphatic carbocycles. The predicted molar refractivity (Wildman–Crippen MR) is 76.7 cm³/mol. The van der Waals surface area contributed by atoms with Crippen LogP contribution in [-0.2, 0) is 4.79 Å². The first-order chi connectivity index (χ1) is 10.1. The molecule has 0 spiro atoms. The molecule has 21 heavy (non-hydrogen) atoms. The Kier molecular flexibility index (Phi) is 4.68. The molecule has 0 radical (unpaired) electrons. The van der Waals surface area contributed by atoms with E-state index in [9.17, 15) is 14.7 Å². The number of carboxylic acids is 1. The Morgan fingerprint density at radius 1 is 0.905 bits per heavy atom. The van der Waals surface area contributed by atoms with Crippen LogP contribution in [0.1, 0.15) is 22.0 Å². The highest BCUT2D eigenvalue weighted by molar-refractivity contribution is 5.94. The van der Waals surface area contributed by atoms with Gasteiger partial charge >= 0.3 is 5.97 Å². The molecule has 108 valence electrons. The van der Waals surface area contributed by atoms with Crippen LogP contribution >= 0.6 is 0 Å². The van der Waals surface area contributed by atoms with E-state index in [0.29, 0.717) is 11.1 Å². The summed E-state index contributed by atoms with van der Waals surface area (Å²) in [5, 5.41) is 21.4. The first kappa shape index (κ1) is 14.7. The number of carboxylic acid groups (broad SMARTS) is 1. The monoisotopic (exact) mass is 285 g/mol. The summed E-state index contributed by atoms with van der Waals surface area (Å²) in [6.45, 7) is 0. The summed E-state index contributed by atoms with van der Waals surface area (Å²) in [5.74, 6) is -1.83. The quantitative estimate of drug-likeness (QED) is 0.779. The van der Waals surface area contributed by atoms with Gasteiger partial charge in [-0.1, -0.05) is 48.5 Å². The molecule has 0 saturated carbocycles. The Bertz CT molecular complexity index is 613. The largest absolute Gasteiger partial charge is 0.479 e. The third-order valence-electron chi connectivity index (χ3n) is 3.05. The van der Waals surface area contributed by atoms with E-state index in [2.05, 4.69) is 5.32 Å². The van der Waals surface area contributed by atoms with Crippen molar-refractivity contribution < 1.29 is 19.8 Å². The first-order valence-electron chi connectivity index (χ1n) is 6.41. The summed E-state index contributed by atoms with van der Waals surface area (Å²) in [6, 6.07) is 15.9. The normalized spacial score (nSPS) is 13.2. The van der Waals surface area contributed by atoms with Crippen molar-refractivity contribution in [3.05, 3.63) is 71.8 Å². The fourth-order valence-corrected chi connectivity index (χ4v) is 1.96. The van der Waals surface area contributed by atoms with Gasteiger partial charge in [-0.15, -0.1) is 0 Å². The average molecular weight is 285 g/mol. The number of aliphatic hydroxyl groups excluding tert-OH is 1. The van der Waals surface area contributed by atoms with Gasteiger partial charge in [0.15, 0.2) is 6.10 Å². The molecular formula is C16H15NO4. The van der Waals surface area contributed by atoms with E-state index in [1.807, 2.05) is 0 Å². The molecule has 2 rings (SSSR count). The molecule has 3 N–H and O–H groups in total. The van der Waals surface area contributed by atoms with Crippen molar-refractivity contribution in [3.8, 4) is 0 Å². The highest BCUT2D eigenvalue weighted by Crippen LogP contribution is 2.18. The Labute approximate surface area is 121 Å². The average Bonchev–Trinajstić information content (AvgIpc) is 2.53. The standard InChI is InChI=1S/C16H15NO4/c18-14(16(20)21)13(11-7-3-1-4-8-11)17-15(19)12-9-5-2-6-10-12/h1-10,13-14,18H,(H,17,19)(H,20,21)/t13-,14?/m1/s1. The number of rotatable bonds is 5. The Morgan fingerprint density at radius 3 is 1.95 bits per heavy atom. The third-order valence-corrected chi connectivity index (χ3v) is 3.05. The highest BCUT2D eigenvalue weighted by atomic mass is 16.4. The molecule has 0 aliphatic heterocycles. The number of benzene rings is 2. The van der Waals surface area contributed by atoms with Crippen LogP contribution in [0, 0.1) is 0 Å². The van der Waals surface area contributed by atoms with E-state index in [1.165, 1.54) is 0 Å². The van der Waals surface area contributed by atoms with Gasteiger partial charge in [-0.25, -0.2) is 4.79 Å². The number of amides is 1. The van der Waals surface area contributed by atoms with Crippen molar-refractivity contribution in [2.45, 2.75) is 12.1 Å². The SMILES string of the molecule is O=C(N[C@H](c1ccccc1)C(O)C(=O)O)c1ccccc1. The second kappa shape index (κ2) is 6.67. The topological polar surface area (TPSA) is 86.6 Å². The van der Waals surface area contributed by atoms with Crippen LogP contribution in [-0.4, -0.2) is 28.2 Å². The molecule has 1 amide bonds. The number of hydrogen-bond donors (Lipinski definition) is 3. The van der Waals surface area contributed by atoms with Crippen molar-refractivity contribution in [2.24, 2.45) is 0 Å². The minimum atomic E-state index is -1.72. The van der Waals surface area contributed by atoms with Gasteiger partial charge in [-0.3, -0.25) is 4.79 Å². The zero-order valence-electron chi connectivity index (χ0n) is 11.1. The molecule has 0 fully saturated rings. The second-order valence-electron chi connectivity index (χ2n) is 4.51. The van der Waals surface area contributed by atoms with Crippen molar-refractivity contribution in [2.75, 3.05) is 0 Å². The third kappa shape index (κ3) is 3.67. The van der Waals surface area contributed by atoms with Crippen LogP contribution < -0.4 is 5.32 Å².